The van der Waals surface area contributed by atoms with Crippen LogP contribution in [0.3, 0.4) is 0 Å². The lowest BCUT2D eigenvalue weighted by Crippen LogP contribution is -2.41. The highest BCUT2D eigenvalue weighted by Crippen LogP contribution is 2.18. The van der Waals surface area contributed by atoms with Crippen molar-refractivity contribution >= 4 is 11.8 Å². The monoisotopic (exact) mass is 289 g/mol. The Morgan fingerprint density at radius 1 is 1.29 bits per heavy atom. The van der Waals surface area contributed by atoms with E-state index in [1.54, 1.807) is 24.5 Å². The quantitative estimate of drug-likeness (QED) is 0.900. The second-order valence-corrected chi connectivity index (χ2v) is 5.53. The molecule has 0 atom stereocenters. The van der Waals surface area contributed by atoms with Gasteiger partial charge in [-0.3, -0.25) is 14.6 Å². The SMILES string of the molecule is CCCC(=O)NCC1CCN(C(=O)c2ccncc2)CC1. The molecule has 0 unspecified atom stereocenters. The lowest BCUT2D eigenvalue weighted by Gasteiger charge is -2.32. The zero-order chi connectivity index (χ0) is 15.1. The minimum Gasteiger partial charge on any atom is -0.356 e. The summed E-state index contributed by atoms with van der Waals surface area (Å²) in [6, 6.07) is 3.50. The summed E-state index contributed by atoms with van der Waals surface area (Å²) < 4.78 is 0. The number of piperidine rings is 1. The lowest BCUT2D eigenvalue weighted by atomic mass is 9.96. The second kappa shape index (κ2) is 7.76. The zero-order valence-corrected chi connectivity index (χ0v) is 12.5. The van der Waals surface area contributed by atoms with Gasteiger partial charge in [0.1, 0.15) is 0 Å². The molecule has 1 fully saturated rings. The molecule has 5 nitrogen and oxygen atoms in total. The normalized spacial score (nSPS) is 15.8. The van der Waals surface area contributed by atoms with Crippen LogP contribution in [-0.4, -0.2) is 41.3 Å². The summed E-state index contributed by atoms with van der Waals surface area (Å²) in [6.45, 7) is 4.25. The maximum absolute atomic E-state index is 12.3. The number of rotatable bonds is 5. The van der Waals surface area contributed by atoms with Gasteiger partial charge in [-0.05, 0) is 37.3 Å². The predicted octanol–water partition coefficient (Wildman–Crippen LogP) is 1.85. The Hall–Kier alpha value is -1.91. The first kappa shape index (κ1) is 15.5. The summed E-state index contributed by atoms with van der Waals surface area (Å²) in [6.07, 6.45) is 6.66. The van der Waals surface area contributed by atoms with E-state index in [0.29, 0.717) is 17.9 Å². The molecule has 1 aromatic heterocycles. The number of carbonyl (C=O) groups excluding carboxylic acids is 2. The van der Waals surface area contributed by atoms with E-state index < -0.39 is 0 Å². The number of aromatic nitrogens is 1. The second-order valence-electron chi connectivity index (χ2n) is 5.53. The maximum atomic E-state index is 12.3. The summed E-state index contributed by atoms with van der Waals surface area (Å²) >= 11 is 0. The number of amides is 2. The van der Waals surface area contributed by atoms with Crippen molar-refractivity contribution in [2.75, 3.05) is 19.6 Å². The molecule has 1 aliphatic heterocycles. The molecular formula is C16H23N3O2. The van der Waals surface area contributed by atoms with Crippen LogP contribution in [0.25, 0.3) is 0 Å². The van der Waals surface area contributed by atoms with Crippen LogP contribution in [0.4, 0.5) is 0 Å². The molecule has 0 aliphatic carbocycles. The van der Waals surface area contributed by atoms with Gasteiger partial charge in [0.2, 0.25) is 5.91 Å². The summed E-state index contributed by atoms with van der Waals surface area (Å²) in [5, 5.41) is 2.98. The largest absolute Gasteiger partial charge is 0.356 e. The average molecular weight is 289 g/mol. The van der Waals surface area contributed by atoms with Crippen LogP contribution in [-0.2, 0) is 4.79 Å². The fraction of sp³-hybridized carbons (Fsp3) is 0.562. The minimum atomic E-state index is 0.0749. The third kappa shape index (κ3) is 4.55. The Morgan fingerprint density at radius 2 is 1.95 bits per heavy atom. The number of pyridine rings is 1. The molecule has 2 amide bonds. The van der Waals surface area contributed by atoms with Crippen molar-refractivity contribution in [3.63, 3.8) is 0 Å². The Labute approximate surface area is 125 Å². The molecule has 0 spiro atoms. The molecule has 0 saturated carbocycles. The number of likely N-dealkylation sites (tertiary alicyclic amines) is 1. The fourth-order valence-electron chi connectivity index (χ4n) is 2.59. The van der Waals surface area contributed by atoms with Gasteiger partial charge in [0.15, 0.2) is 0 Å². The van der Waals surface area contributed by atoms with Gasteiger partial charge in [0.25, 0.3) is 5.91 Å². The van der Waals surface area contributed by atoms with Crippen LogP contribution in [0.1, 0.15) is 43.0 Å². The Morgan fingerprint density at radius 3 is 2.57 bits per heavy atom. The minimum absolute atomic E-state index is 0.0749. The van der Waals surface area contributed by atoms with Crippen molar-refractivity contribution in [1.29, 1.82) is 0 Å². The van der Waals surface area contributed by atoms with Gasteiger partial charge in [0.05, 0.1) is 0 Å². The molecule has 114 valence electrons. The van der Waals surface area contributed by atoms with E-state index in [4.69, 9.17) is 0 Å². The lowest BCUT2D eigenvalue weighted by molar-refractivity contribution is -0.121. The van der Waals surface area contributed by atoms with Gasteiger partial charge in [-0.1, -0.05) is 6.92 Å². The highest BCUT2D eigenvalue weighted by Gasteiger charge is 2.23. The highest BCUT2D eigenvalue weighted by molar-refractivity contribution is 5.94. The first-order valence-corrected chi connectivity index (χ1v) is 7.66. The summed E-state index contributed by atoms with van der Waals surface area (Å²) in [5.74, 6) is 0.686. The van der Waals surface area contributed by atoms with Crippen molar-refractivity contribution in [3.05, 3.63) is 30.1 Å². The van der Waals surface area contributed by atoms with E-state index >= 15 is 0 Å². The maximum Gasteiger partial charge on any atom is 0.253 e. The molecule has 5 heteroatoms. The third-order valence-electron chi connectivity index (χ3n) is 3.89. The first-order valence-electron chi connectivity index (χ1n) is 7.66. The van der Waals surface area contributed by atoms with Gasteiger partial charge in [-0.25, -0.2) is 0 Å². The average Bonchev–Trinajstić information content (AvgIpc) is 2.54. The molecule has 2 rings (SSSR count). The zero-order valence-electron chi connectivity index (χ0n) is 12.5. The van der Waals surface area contributed by atoms with E-state index in [1.165, 1.54) is 0 Å². The van der Waals surface area contributed by atoms with Crippen molar-refractivity contribution in [3.8, 4) is 0 Å². The van der Waals surface area contributed by atoms with E-state index in [0.717, 1.165) is 38.9 Å². The summed E-state index contributed by atoms with van der Waals surface area (Å²) in [5.41, 5.74) is 0.694. The van der Waals surface area contributed by atoms with Crippen molar-refractivity contribution in [2.45, 2.75) is 32.6 Å². The van der Waals surface area contributed by atoms with E-state index in [9.17, 15) is 9.59 Å². The van der Waals surface area contributed by atoms with E-state index in [1.807, 2.05) is 11.8 Å². The molecule has 21 heavy (non-hydrogen) atoms. The van der Waals surface area contributed by atoms with Crippen LogP contribution in [0, 0.1) is 5.92 Å². The molecule has 0 aromatic carbocycles. The molecule has 0 radical (unpaired) electrons. The van der Waals surface area contributed by atoms with E-state index in [2.05, 4.69) is 10.3 Å². The van der Waals surface area contributed by atoms with E-state index in [-0.39, 0.29) is 11.8 Å². The number of hydrogen-bond donors (Lipinski definition) is 1. The van der Waals surface area contributed by atoms with Crippen LogP contribution >= 0.6 is 0 Å². The Kier molecular flexibility index (Phi) is 5.72. The summed E-state index contributed by atoms with van der Waals surface area (Å²) in [4.78, 5) is 29.6. The van der Waals surface area contributed by atoms with Gasteiger partial charge < -0.3 is 10.2 Å². The van der Waals surface area contributed by atoms with Gasteiger partial charge in [-0.2, -0.15) is 0 Å². The standard InChI is InChI=1S/C16H23N3O2/c1-2-3-15(20)18-12-13-6-10-19(11-7-13)16(21)14-4-8-17-9-5-14/h4-5,8-9,13H,2-3,6-7,10-12H2,1H3,(H,18,20). The number of nitrogens with one attached hydrogen (secondary N) is 1. The number of carbonyl (C=O) groups is 2. The van der Waals surface area contributed by atoms with Crippen molar-refractivity contribution < 1.29 is 9.59 Å². The van der Waals surface area contributed by atoms with Crippen LogP contribution in [0.2, 0.25) is 0 Å². The smallest absolute Gasteiger partial charge is 0.253 e. The first-order chi connectivity index (χ1) is 10.2. The highest BCUT2D eigenvalue weighted by atomic mass is 16.2. The van der Waals surface area contributed by atoms with Crippen LogP contribution < -0.4 is 5.32 Å². The molecular weight excluding hydrogens is 266 g/mol. The Balaban J connectivity index is 1.76. The fourth-order valence-corrected chi connectivity index (χ4v) is 2.59. The van der Waals surface area contributed by atoms with Crippen molar-refractivity contribution in [2.24, 2.45) is 5.92 Å². The number of nitrogens with zero attached hydrogens (tertiary/aromatic N) is 2. The van der Waals surface area contributed by atoms with Crippen molar-refractivity contribution in [1.82, 2.24) is 15.2 Å². The van der Waals surface area contributed by atoms with Gasteiger partial charge in [0, 0.05) is 44.0 Å². The molecule has 1 N–H and O–H groups in total. The molecule has 1 aromatic rings. The van der Waals surface area contributed by atoms with Crippen LogP contribution in [0.15, 0.2) is 24.5 Å². The van der Waals surface area contributed by atoms with Gasteiger partial charge in [-0.15, -0.1) is 0 Å². The summed E-state index contributed by atoms with van der Waals surface area (Å²) in [7, 11) is 0. The molecule has 0 bridgehead atoms. The molecule has 1 aliphatic rings. The predicted molar refractivity (Wildman–Crippen MR) is 80.8 cm³/mol. The Bertz CT molecular complexity index is 468. The van der Waals surface area contributed by atoms with Crippen LogP contribution in [0.5, 0.6) is 0 Å². The topological polar surface area (TPSA) is 62.3 Å². The van der Waals surface area contributed by atoms with Gasteiger partial charge >= 0.3 is 0 Å². The molecule has 2 heterocycles. The number of hydrogen-bond acceptors (Lipinski definition) is 3. The third-order valence-corrected chi connectivity index (χ3v) is 3.89. The molecule has 1 saturated heterocycles.